The van der Waals surface area contributed by atoms with E-state index >= 15 is 0 Å². The number of non-ortho nitro benzene ring substituents is 1. The number of carbonyl (C=O) groups is 5. The molecule has 7 N–H and O–H groups in total. The fourth-order valence-corrected chi connectivity index (χ4v) is 8.00. The van der Waals surface area contributed by atoms with Crippen molar-refractivity contribution in [1.29, 1.82) is 0 Å². The number of carboxylic acid groups (broad SMARTS) is 1. The number of halogens is 6. The minimum atomic E-state index is -1.49. The van der Waals surface area contributed by atoms with Gasteiger partial charge in [0.25, 0.3) is 11.6 Å². The number of nitro groups is 1. The van der Waals surface area contributed by atoms with Crippen molar-refractivity contribution in [2.24, 2.45) is 11.8 Å². The second-order valence-electron chi connectivity index (χ2n) is 16.8. The number of nitrogen functional groups attached to an aromatic ring is 1. The summed E-state index contributed by atoms with van der Waals surface area (Å²) in [5.41, 5.74) is 10.7. The van der Waals surface area contributed by atoms with E-state index in [1.54, 1.807) is 46.2 Å². The standard InChI is InChI=1S/C20H18F3N3O3.C12H12F3NO2.C8H6N2O4.C8H8N2O2/c21-14-8-13(9-15(22)19(14)23)26-5-3-11(4-6-26)20(28)24-12-1-2-16-17(7-12)29-10-18(27)25-16;13-9-5-8(6-10(14)11(9)15)16-3-1-7(2-4-16)12(17)18;11-8-9-7-2-1-6(10(12)13)3-5(7)4-14-8;9-6-1-2-7-5(3-6)4-12-8(11)10-7/h1-2,7-9,11H,3-6,10H2,(H,24,28)(H,25,27);5-7H,1-4H2,(H,17,18);1-3H,4H2,(H,9,11);1-3H,4,9H2,(H,10,11). The Labute approximate surface area is 410 Å². The lowest BCUT2D eigenvalue weighted by Crippen LogP contribution is -2.38. The van der Waals surface area contributed by atoms with E-state index in [-0.39, 0.29) is 48.0 Å². The Bertz CT molecular complexity index is 2910. The Kier molecular flexibility index (Phi) is 16.4. The summed E-state index contributed by atoms with van der Waals surface area (Å²) in [4.78, 5) is 69.5. The Morgan fingerprint density at radius 2 is 1.11 bits per heavy atom. The number of cyclic esters (lactones) is 2. The van der Waals surface area contributed by atoms with Crippen LogP contribution in [0.1, 0.15) is 36.8 Å². The number of carboxylic acids is 1. The van der Waals surface area contributed by atoms with Gasteiger partial charge >= 0.3 is 18.2 Å². The number of fused-ring (bicyclic) bond motifs is 3. The maximum Gasteiger partial charge on any atom is 0.411 e. The van der Waals surface area contributed by atoms with Crippen LogP contribution in [0.5, 0.6) is 5.75 Å². The van der Waals surface area contributed by atoms with Gasteiger partial charge in [-0.1, -0.05) is 0 Å². The van der Waals surface area contributed by atoms with Gasteiger partial charge in [0, 0.05) is 108 Å². The van der Waals surface area contributed by atoms with E-state index in [0.29, 0.717) is 92.5 Å². The van der Waals surface area contributed by atoms with Crippen molar-refractivity contribution < 1.29 is 74.6 Å². The smallest absolute Gasteiger partial charge is 0.411 e. The predicted molar refractivity (Wildman–Crippen MR) is 251 cm³/mol. The van der Waals surface area contributed by atoms with Crippen LogP contribution in [-0.4, -0.2) is 72.8 Å². The van der Waals surface area contributed by atoms with Crippen molar-refractivity contribution in [1.82, 2.24) is 0 Å². The van der Waals surface area contributed by atoms with E-state index in [1.165, 1.54) is 18.2 Å². The Morgan fingerprint density at radius 3 is 1.62 bits per heavy atom. The van der Waals surface area contributed by atoms with Crippen molar-refractivity contribution in [2.75, 3.05) is 69.6 Å². The van der Waals surface area contributed by atoms with Crippen molar-refractivity contribution in [3.8, 4) is 5.75 Å². The zero-order valence-corrected chi connectivity index (χ0v) is 38.2. The van der Waals surface area contributed by atoms with E-state index in [0.717, 1.165) is 35.5 Å². The summed E-state index contributed by atoms with van der Waals surface area (Å²) in [7, 11) is 0. The first-order valence-electron chi connectivity index (χ1n) is 22.2. The van der Waals surface area contributed by atoms with E-state index in [9.17, 15) is 60.4 Å². The van der Waals surface area contributed by atoms with Crippen LogP contribution in [0, 0.1) is 56.9 Å². The summed E-state index contributed by atoms with van der Waals surface area (Å²) in [5, 5.41) is 29.8. The molecule has 0 spiro atoms. The minimum absolute atomic E-state index is 0.0106. The minimum Gasteiger partial charge on any atom is -0.482 e. The molecule has 19 nitrogen and oxygen atoms in total. The van der Waals surface area contributed by atoms with Crippen LogP contribution in [0.2, 0.25) is 0 Å². The highest BCUT2D eigenvalue weighted by molar-refractivity contribution is 5.97. The molecule has 5 aromatic rings. The number of nitro benzene ring substituents is 1. The average molecular weight is 1020 g/mol. The Morgan fingerprint density at radius 1 is 0.630 bits per heavy atom. The second kappa shape index (κ2) is 23.0. The molecule has 0 aliphatic carbocycles. The molecule has 2 fully saturated rings. The lowest BCUT2D eigenvalue weighted by Gasteiger charge is -2.33. The van der Waals surface area contributed by atoms with Crippen LogP contribution < -0.4 is 41.5 Å². The highest BCUT2D eigenvalue weighted by atomic mass is 19.2. The summed E-state index contributed by atoms with van der Waals surface area (Å²) < 4.78 is 93.7. The molecule has 0 bridgehead atoms. The number of nitrogens with one attached hydrogen (secondary N) is 4. The van der Waals surface area contributed by atoms with Crippen LogP contribution >= 0.6 is 0 Å². The first-order chi connectivity index (χ1) is 34.8. The van der Waals surface area contributed by atoms with Gasteiger partial charge < -0.3 is 45.5 Å². The third kappa shape index (κ3) is 13.4. The molecule has 10 rings (SSSR count). The predicted octanol–water partition coefficient (Wildman–Crippen LogP) is 8.68. The van der Waals surface area contributed by atoms with Crippen LogP contribution in [0.3, 0.4) is 0 Å². The summed E-state index contributed by atoms with van der Waals surface area (Å²) >= 11 is 0. The van der Waals surface area contributed by atoms with E-state index < -0.39 is 63.9 Å². The van der Waals surface area contributed by atoms with Gasteiger partial charge in [-0.15, -0.1) is 0 Å². The molecule has 384 valence electrons. The number of rotatable bonds is 6. The number of ether oxygens (including phenoxy) is 3. The second-order valence-corrected chi connectivity index (χ2v) is 16.8. The number of amides is 4. The van der Waals surface area contributed by atoms with Gasteiger partial charge in [-0.3, -0.25) is 35.1 Å². The molecule has 0 radical (unpaired) electrons. The number of hydrogen-bond donors (Lipinski definition) is 6. The van der Waals surface area contributed by atoms with Gasteiger partial charge in [0.15, 0.2) is 41.5 Å². The third-order valence-electron chi connectivity index (χ3n) is 11.9. The number of carbonyl (C=O) groups excluding carboxylic acids is 4. The number of anilines is 7. The molecule has 73 heavy (non-hydrogen) atoms. The zero-order valence-electron chi connectivity index (χ0n) is 38.2. The van der Waals surface area contributed by atoms with E-state index in [4.69, 9.17) is 20.3 Å². The van der Waals surface area contributed by atoms with Crippen LogP contribution in [-0.2, 0) is 37.1 Å². The largest absolute Gasteiger partial charge is 0.482 e. The molecule has 4 amide bonds. The molecule has 5 aliphatic rings. The lowest BCUT2D eigenvalue weighted by atomic mass is 9.95. The highest BCUT2D eigenvalue weighted by Gasteiger charge is 2.28. The van der Waals surface area contributed by atoms with E-state index in [1.807, 2.05) is 0 Å². The lowest BCUT2D eigenvalue weighted by molar-refractivity contribution is -0.384. The molecule has 0 atom stereocenters. The van der Waals surface area contributed by atoms with Crippen molar-refractivity contribution in [2.45, 2.75) is 38.9 Å². The molecule has 5 heterocycles. The van der Waals surface area contributed by atoms with Gasteiger partial charge in [-0.25, -0.2) is 35.9 Å². The molecule has 0 unspecified atom stereocenters. The molecular formula is C48H44F6N8O11. The summed E-state index contributed by atoms with van der Waals surface area (Å²) in [6.07, 6.45) is 0.860. The normalized spacial score (nSPS) is 15.8. The Balaban J connectivity index is 0.000000152. The highest BCUT2D eigenvalue weighted by Crippen LogP contribution is 2.33. The van der Waals surface area contributed by atoms with Crippen LogP contribution in [0.15, 0.2) is 78.9 Å². The SMILES string of the molecule is Nc1ccc2c(c1)COC(=O)N2.O=C(O)C1CCN(c2cc(F)c(F)c(F)c2)CC1.O=C1COc2cc(NC(=O)C3CCN(c4cc(F)c(F)c(F)c4)CC3)ccc2N1.O=C1Nc2ccc([N+](=O)[O-])cc2CO1. The van der Waals surface area contributed by atoms with Crippen molar-refractivity contribution in [3.63, 3.8) is 0 Å². The summed E-state index contributed by atoms with van der Waals surface area (Å²) in [6.45, 7) is 1.91. The quantitative estimate of drug-likeness (QED) is 0.0306. The van der Waals surface area contributed by atoms with Gasteiger partial charge in [0.2, 0.25) is 5.91 Å². The molecule has 5 aromatic carbocycles. The fourth-order valence-electron chi connectivity index (χ4n) is 8.00. The number of aliphatic carboxylic acids is 1. The molecule has 2 saturated heterocycles. The molecule has 0 aromatic heterocycles. The topological polar surface area (TPSA) is 257 Å². The first kappa shape index (κ1) is 52.1. The van der Waals surface area contributed by atoms with Gasteiger partial charge in [-0.2, -0.15) is 0 Å². The summed E-state index contributed by atoms with van der Waals surface area (Å²) in [6, 6.07) is 18.3. The number of benzene rings is 5. The summed E-state index contributed by atoms with van der Waals surface area (Å²) in [5.74, 6) is -9.36. The first-order valence-corrected chi connectivity index (χ1v) is 22.2. The maximum atomic E-state index is 13.4. The molecule has 0 saturated carbocycles. The van der Waals surface area contributed by atoms with Crippen molar-refractivity contribution >= 4 is 75.5 Å². The number of hydrogen-bond acceptors (Lipinski definition) is 13. The van der Waals surface area contributed by atoms with E-state index in [2.05, 4.69) is 26.0 Å². The molecular weight excluding hydrogens is 979 g/mol. The van der Waals surface area contributed by atoms with Gasteiger partial charge in [0.1, 0.15) is 19.0 Å². The average Bonchev–Trinajstić information content (AvgIpc) is 3.37. The number of nitrogens with zero attached hydrogens (tertiary/aromatic N) is 3. The third-order valence-corrected chi connectivity index (χ3v) is 11.9. The van der Waals surface area contributed by atoms with Crippen LogP contribution in [0.4, 0.5) is 81.4 Å². The van der Waals surface area contributed by atoms with Crippen molar-refractivity contribution in [3.05, 3.63) is 135 Å². The van der Waals surface area contributed by atoms with Gasteiger partial charge in [-0.05, 0) is 62.1 Å². The monoisotopic (exact) mass is 1020 g/mol. The fraction of sp³-hybridized carbons (Fsp3) is 0.271. The van der Waals surface area contributed by atoms with Gasteiger partial charge in [0.05, 0.1) is 27.9 Å². The Hall–Kier alpha value is -8.77. The molecule has 5 aliphatic heterocycles. The number of piperidine rings is 2. The maximum absolute atomic E-state index is 13.4. The number of nitrogens with two attached hydrogens (primary N) is 1. The van der Waals surface area contributed by atoms with Crippen LogP contribution in [0.25, 0.3) is 0 Å². The zero-order chi connectivity index (χ0) is 52.5. The molecule has 25 heteroatoms.